The van der Waals surface area contributed by atoms with Crippen LogP contribution in [0.2, 0.25) is 0 Å². The Kier molecular flexibility index (Phi) is 5.21. The van der Waals surface area contributed by atoms with Gasteiger partial charge in [-0.05, 0) is 24.3 Å². The summed E-state index contributed by atoms with van der Waals surface area (Å²) in [5, 5.41) is 16.0. The van der Waals surface area contributed by atoms with E-state index >= 15 is 0 Å². The van der Waals surface area contributed by atoms with Crippen molar-refractivity contribution in [3.8, 4) is 5.75 Å². The van der Waals surface area contributed by atoms with E-state index in [9.17, 15) is 36.2 Å². The van der Waals surface area contributed by atoms with Crippen LogP contribution in [0.25, 0.3) is 26.6 Å². The zero-order chi connectivity index (χ0) is 26.0. The van der Waals surface area contributed by atoms with Gasteiger partial charge in [0.25, 0.3) is 0 Å². The number of aromatic carboxylic acids is 1. The highest BCUT2D eigenvalue weighted by Gasteiger charge is 2.35. The molecule has 0 aliphatic heterocycles. The number of alkyl halides is 6. The first-order chi connectivity index (χ1) is 16.8. The number of pyridine rings is 1. The number of halogens is 6. The van der Waals surface area contributed by atoms with Gasteiger partial charge in [0.15, 0.2) is 11.3 Å². The molecule has 0 radical (unpaired) electrons. The molecular weight excluding hydrogens is 516 g/mol. The Labute approximate surface area is 199 Å². The first kappa shape index (κ1) is 23.6. The Bertz CT molecular complexity index is 1670. The number of thiophene rings is 1. The fourth-order valence-electron chi connectivity index (χ4n) is 3.60. The van der Waals surface area contributed by atoms with Gasteiger partial charge in [-0.1, -0.05) is 0 Å². The molecule has 0 fully saturated rings. The molecular formula is C21H11F6N5O3S. The number of carbonyl (C=O) groups is 1. The Hall–Kier alpha value is -4.14. The SMILES string of the molecule is COc1cc(Nc2ncc3c4sc(C(=O)O)cc4c4cc(C(F)(F)F)nn4c3n2)cc(C(F)(F)F)c1. The number of carboxylic acid groups (broad SMARTS) is 1. The molecule has 0 aliphatic carbocycles. The molecule has 186 valence electrons. The molecule has 5 aromatic rings. The molecule has 0 amide bonds. The number of nitrogens with one attached hydrogen (secondary N) is 1. The number of hydrogen-bond acceptors (Lipinski definition) is 7. The summed E-state index contributed by atoms with van der Waals surface area (Å²) in [4.78, 5) is 19.6. The highest BCUT2D eigenvalue weighted by atomic mass is 32.1. The summed E-state index contributed by atoms with van der Waals surface area (Å²) in [7, 11) is 1.19. The van der Waals surface area contributed by atoms with E-state index in [1.807, 2.05) is 0 Å². The van der Waals surface area contributed by atoms with Gasteiger partial charge >= 0.3 is 18.3 Å². The maximum atomic E-state index is 13.4. The number of benzene rings is 1. The summed E-state index contributed by atoms with van der Waals surface area (Å²) < 4.78 is 86.1. The highest BCUT2D eigenvalue weighted by Crippen LogP contribution is 2.39. The minimum absolute atomic E-state index is 0.0426. The molecule has 0 spiro atoms. The van der Waals surface area contributed by atoms with Gasteiger partial charge in [0, 0.05) is 28.0 Å². The molecule has 0 aliphatic rings. The van der Waals surface area contributed by atoms with Gasteiger partial charge in [-0.2, -0.15) is 36.4 Å². The molecule has 4 aromatic heterocycles. The fourth-order valence-corrected chi connectivity index (χ4v) is 4.61. The van der Waals surface area contributed by atoms with Crippen molar-refractivity contribution >= 4 is 55.6 Å². The molecule has 15 heteroatoms. The summed E-state index contributed by atoms with van der Waals surface area (Å²) in [6.07, 6.45) is -8.23. The molecule has 36 heavy (non-hydrogen) atoms. The number of nitrogens with zero attached hydrogens (tertiary/aromatic N) is 4. The number of methoxy groups -OCH3 is 1. The lowest BCUT2D eigenvalue weighted by molar-refractivity contribution is -0.141. The van der Waals surface area contributed by atoms with Crippen molar-refractivity contribution in [3.63, 3.8) is 0 Å². The van der Waals surface area contributed by atoms with Crippen molar-refractivity contribution in [3.05, 3.63) is 52.7 Å². The van der Waals surface area contributed by atoms with Crippen LogP contribution in [0, 0.1) is 0 Å². The van der Waals surface area contributed by atoms with E-state index in [1.54, 1.807) is 0 Å². The van der Waals surface area contributed by atoms with Crippen molar-refractivity contribution < 1.29 is 41.0 Å². The molecule has 1 aromatic carbocycles. The van der Waals surface area contributed by atoms with Crippen molar-refractivity contribution in [2.45, 2.75) is 12.4 Å². The van der Waals surface area contributed by atoms with E-state index in [0.717, 1.165) is 34.1 Å². The monoisotopic (exact) mass is 527 g/mol. The fraction of sp³-hybridized carbons (Fsp3) is 0.143. The van der Waals surface area contributed by atoms with Gasteiger partial charge in [-0.25, -0.2) is 14.3 Å². The maximum absolute atomic E-state index is 13.4. The van der Waals surface area contributed by atoms with Gasteiger partial charge in [-0.3, -0.25) is 0 Å². The van der Waals surface area contributed by atoms with E-state index in [2.05, 4.69) is 20.4 Å². The Morgan fingerprint density at radius 2 is 1.81 bits per heavy atom. The second kappa shape index (κ2) is 7.94. The molecule has 8 nitrogen and oxygen atoms in total. The third kappa shape index (κ3) is 4.00. The molecule has 0 bridgehead atoms. The average molecular weight is 527 g/mol. The third-order valence-corrected chi connectivity index (χ3v) is 6.31. The number of rotatable bonds is 4. The van der Waals surface area contributed by atoms with Crippen LogP contribution in [0.15, 0.2) is 36.5 Å². The van der Waals surface area contributed by atoms with E-state index in [0.29, 0.717) is 4.70 Å². The minimum atomic E-state index is -4.79. The molecule has 4 heterocycles. The number of hydrogen-bond donors (Lipinski definition) is 2. The second-order valence-corrected chi connectivity index (χ2v) is 8.54. The van der Waals surface area contributed by atoms with Gasteiger partial charge in [0.2, 0.25) is 5.95 Å². The Morgan fingerprint density at radius 3 is 2.44 bits per heavy atom. The average Bonchev–Trinajstić information content (AvgIpc) is 3.43. The van der Waals surface area contributed by atoms with Crippen LogP contribution < -0.4 is 10.1 Å². The highest BCUT2D eigenvalue weighted by molar-refractivity contribution is 7.21. The Balaban J connectivity index is 1.72. The van der Waals surface area contributed by atoms with Gasteiger partial charge < -0.3 is 15.2 Å². The van der Waals surface area contributed by atoms with Crippen molar-refractivity contribution in [2.24, 2.45) is 0 Å². The van der Waals surface area contributed by atoms with Crippen molar-refractivity contribution in [2.75, 3.05) is 12.4 Å². The number of aromatic nitrogens is 4. The number of carboxylic acids is 1. The van der Waals surface area contributed by atoms with E-state index in [1.165, 1.54) is 25.4 Å². The summed E-state index contributed by atoms with van der Waals surface area (Å²) in [6, 6.07) is 4.86. The third-order valence-electron chi connectivity index (χ3n) is 5.16. The van der Waals surface area contributed by atoms with E-state index in [-0.39, 0.29) is 44.2 Å². The zero-order valence-electron chi connectivity index (χ0n) is 17.7. The number of ether oxygens (including phenoxy) is 1. The summed E-state index contributed by atoms with van der Waals surface area (Å²) in [5.41, 5.74) is -2.47. The predicted octanol–water partition coefficient (Wildman–Crippen LogP) is 5.98. The van der Waals surface area contributed by atoms with Crippen LogP contribution >= 0.6 is 11.3 Å². The molecule has 0 saturated carbocycles. The predicted molar refractivity (Wildman–Crippen MR) is 117 cm³/mol. The lowest BCUT2D eigenvalue weighted by Crippen LogP contribution is -2.07. The maximum Gasteiger partial charge on any atom is 0.435 e. The van der Waals surface area contributed by atoms with E-state index in [4.69, 9.17) is 4.74 Å². The molecule has 0 atom stereocenters. The zero-order valence-corrected chi connectivity index (χ0v) is 18.5. The quantitative estimate of drug-likeness (QED) is 0.277. The molecule has 0 unspecified atom stereocenters. The smallest absolute Gasteiger partial charge is 0.435 e. The van der Waals surface area contributed by atoms with Crippen LogP contribution in [-0.2, 0) is 12.4 Å². The number of fused-ring (bicyclic) bond motifs is 6. The van der Waals surface area contributed by atoms with Crippen LogP contribution in [-0.4, -0.2) is 37.8 Å². The lowest BCUT2D eigenvalue weighted by atomic mass is 10.2. The largest absolute Gasteiger partial charge is 0.497 e. The standard InChI is InChI=1S/C21H11F6N5O3S/c1-35-10-3-8(20(22,23)24)2-9(4-10)29-19-28-7-12-16-11(5-14(36-16)18(33)34)13-6-15(21(25,26)27)31-32(13)17(12)30-19/h2-7H,1H3,(H,33,34)(H,28,29,30). The topological polar surface area (TPSA) is 102 Å². The minimum Gasteiger partial charge on any atom is -0.497 e. The summed E-state index contributed by atoms with van der Waals surface area (Å²) in [5.74, 6) is -1.60. The summed E-state index contributed by atoms with van der Waals surface area (Å²) >= 11 is 0.822. The summed E-state index contributed by atoms with van der Waals surface area (Å²) in [6.45, 7) is 0. The van der Waals surface area contributed by atoms with Gasteiger partial charge in [-0.15, -0.1) is 11.3 Å². The number of anilines is 2. The van der Waals surface area contributed by atoms with Crippen LogP contribution in [0.5, 0.6) is 5.75 Å². The molecule has 2 N–H and O–H groups in total. The second-order valence-electron chi connectivity index (χ2n) is 7.49. The van der Waals surface area contributed by atoms with Crippen molar-refractivity contribution in [1.29, 1.82) is 0 Å². The normalized spacial score (nSPS) is 12.5. The van der Waals surface area contributed by atoms with Gasteiger partial charge in [0.05, 0.1) is 23.6 Å². The van der Waals surface area contributed by atoms with E-state index < -0.39 is 29.6 Å². The first-order valence-electron chi connectivity index (χ1n) is 9.81. The van der Waals surface area contributed by atoms with Crippen molar-refractivity contribution in [1.82, 2.24) is 19.6 Å². The molecule has 5 rings (SSSR count). The van der Waals surface area contributed by atoms with Gasteiger partial charge in [0.1, 0.15) is 10.6 Å². The first-order valence-corrected chi connectivity index (χ1v) is 10.6. The molecule has 0 saturated heterocycles. The lowest BCUT2D eigenvalue weighted by Gasteiger charge is -2.13. The van der Waals surface area contributed by atoms with Crippen LogP contribution in [0.4, 0.5) is 38.0 Å². The Morgan fingerprint density at radius 1 is 1.06 bits per heavy atom. The van der Waals surface area contributed by atoms with Crippen LogP contribution in [0.1, 0.15) is 20.9 Å². The van der Waals surface area contributed by atoms with Crippen LogP contribution in [0.3, 0.4) is 0 Å².